The van der Waals surface area contributed by atoms with Gasteiger partial charge in [-0.05, 0) is 18.2 Å². The minimum atomic E-state index is -0.389. The monoisotopic (exact) mass is 392 g/mol. The van der Waals surface area contributed by atoms with Crippen molar-refractivity contribution in [1.82, 2.24) is 0 Å². The molecule has 0 fully saturated rings. The van der Waals surface area contributed by atoms with Crippen molar-refractivity contribution in [2.45, 2.75) is 6.92 Å². The van der Waals surface area contributed by atoms with E-state index in [1.165, 1.54) is 33.2 Å². The van der Waals surface area contributed by atoms with Crippen LogP contribution in [0.4, 0.5) is 11.4 Å². The lowest BCUT2D eigenvalue weighted by molar-refractivity contribution is -0.120. The third-order valence-corrected chi connectivity index (χ3v) is 3.99. The summed E-state index contributed by atoms with van der Waals surface area (Å²) in [6.07, 6.45) is 0. The van der Waals surface area contributed by atoms with Crippen molar-refractivity contribution in [3.05, 3.63) is 41.4 Å². The number of anilines is 2. The Balaban J connectivity index is 2.22. The summed E-state index contributed by atoms with van der Waals surface area (Å²) >= 11 is 5.98. The Morgan fingerprint density at radius 2 is 1.67 bits per heavy atom. The second kappa shape index (κ2) is 9.14. The van der Waals surface area contributed by atoms with Crippen LogP contribution in [0.1, 0.15) is 6.92 Å². The third-order valence-electron chi connectivity index (χ3n) is 3.75. The largest absolute Gasteiger partial charge is 0.493 e. The molecule has 0 heterocycles. The number of ether oxygens (including phenoxy) is 3. The zero-order valence-corrected chi connectivity index (χ0v) is 16.3. The lowest BCUT2D eigenvalue weighted by Gasteiger charge is -2.21. The molecule has 144 valence electrons. The Morgan fingerprint density at radius 3 is 2.15 bits per heavy atom. The van der Waals surface area contributed by atoms with Crippen molar-refractivity contribution in [2.24, 2.45) is 0 Å². The molecule has 0 radical (unpaired) electrons. The first-order chi connectivity index (χ1) is 12.9. The minimum Gasteiger partial charge on any atom is -0.493 e. The first-order valence-corrected chi connectivity index (χ1v) is 8.41. The minimum absolute atomic E-state index is 0.174. The molecule has 0 aliphatic carbocycles. The molecule has 2 aromatic carbocycles. The fourth-order valence-corrected chi connectivity index (χ4v) is 2.71. The van der Waals surface area contributed by atoms with Gasteiger partial charge in [0, 0.05) is 35.5 Å². The fraction of sp³-hybridized carbons (Fsp3) is 0.263. The summed E-state index contributed by atoms with van der Waals surface area (Å²) in [5.74, 6) is 0.565. The van der Waals surface area contributed by atoms with E-state index >= 15 is 0 Å². The van der Waals surface area contributed by atoms with E-state index in [1.807, 2.05) is 0 Å². The average molecular weight is 393 g/mol. The molecule has 0 unspecified atom stereocenters. The van der Waals surface area contributed by atoms with E-state index in [9.17, 15) is 9.59 Å². The van der Waals surface area contributed by atoms with E-state index in [-0.39, 0.29) is 18.4 Å². The van der Waals surface area contributed by atoms with Gasteiger partial charge in [-0.25, -0.2) is 0 Å². The van der Waals surface area contributed by atoms with Crippen molar-refractivity contribution in [3.8, 4) is 17.2 Å². The summed E-state index contributed by atoms with van der Waals surface area (Å²) < 4.78 is 15.8. The van der Waals surface area contributed by atoms with Crippen molar-refractivity contribution in [1.29, 1.82) is 0 Å². The summed E-state index contributed by atoms with van der Waals surface area (Å²) in [6.45, 7) is 1.21. The smallest absolute Gasteiger partial charge is 0.244 e. The van der Waals surface area contributed by atoms with Crippen molar-refractivity contribution < 1.29 is 23.8 Å². The Labute approximate surface area is 162 Å². The molecule has 2 aromatic rings. The molecular weight excluding hydrogens is 372 g/mol. The van der Waals surface area contributed by atoms with Gasteiger partial charge < -0.3 is 24.4 Å². The number of carbonyl (C=O) groups excluding carboxylic acids is 2. The molecule has 0 atom stereocenters. The fourth-order valence-electron chi connectivity index (χ4n) is 2.53. The number of hydrogen-bond acceptors (Lipinski definition) is 5. The van der Waals surface area contributed by atoms with Gasteiger partial charge in [-0.1, -0.05) is 17.7 Å². The van der Waals surface area contributed by atoms with Crippen LogP contribution in [0, 0.1) is 0 Å². The summed E-state index contributed by atoms with van der Waals surface area (Å²) in [5, 5.41) is 3.21. The first kappa shape index (κ1) is 20.4. The lowest BCUT2D eigenvalue weighted by Crippen LogP contribution is -2.36. The Morgan fingerprint density at radius 1 is 1.04 bits per heavy atom. The molecule has 1 N–H and O–H groups in total. The molecule has 0 spiro atoms. The number of carbonyl (C=O) groups is 2. The molecule has 0 saturated heterocycles. The normalized spacial score (nSPS) is 10.1. The number of rotatable bonds is 7. The molecule has 0 saturated carbocycles. The summed E-state index contributed by atoms with van der Waals surface area (Å²) in [5.41, 5.74) is 0.985. The number of hydrogen-bond donors (Lipinski definition) is 1. The van der Waals surface area contributed by atoms with Crippen LogP contribution < -0.4 is 24.4 Å². The number of nitrogens with one attached hydrogen (secondary N) is 1. The van der Waals surface area contributed by atoms with Crippen LogP contribution >= 0.6 is 11.6 Å². The second-order valence-electron chi connectivity index (χ2n) is 5.55. The van der Waals surface area contributed by atoms with Crippen LogP contribution in [0.15, 0.2) is 36.4 Å². The molecule has 7 nitrogen and oxygen atoms in total. The summed E-state index contributed by atoms with van der Waals surface area (Å²) in [4.78, 5) is 25.8. The number of methoxy groups -OCH3 is 3. The van der Waals surface area contributed by atoms with Crippen LogP contribution in [0.2, 0.25) is 5.02 Å². The maximum absolute atomic E-state index is 12.5. The second-order valence-corrected chi connectivity index (χ2v) is 5.98. The standard InChI is InChI=1S/C19H21ClN2O5/c1-12(23)22(15-7-5-6-13(20)8-15)11-18(24)21-14-9-16(25-2)19(27-4)17(10-14)26-3/h5-10H,11H2,1-4H3,(H,21,24). The van der Waals surface area contributed by atoms with E-state index in [0.29, 0.717) is 33.6 Å². The predicted molar refractivity (Wildman–Crippen MR) is 104 cm³/mol. The van der Waals surface area contributed by atoms with Crippen molar-refractivity contribution in [3.63, 3.8) is 0 Å². The van der Waals surface area contributed by atoms with Gasteiger partial charge in [-0.15, -0.1) is 0 Å². The maximum atomic E-state index is 12.5. The van der Waals surface area contributed by atoms with E-state index < -0.39 is 0 Å². The highest BCUT2D eigenvalue weighted by molar-refractivity contribution is 6.31. The van der Waals surface area contributed by atoms with Gasteiger partial charge in [-0.3, -0.25) is 9.59 Å². The topological polar surface area (TPSA) is 77.1 Å². The molecule has 8 heteroatoms. The highest BCUT2D eigenvalue weighted by Gasteiger charge is 2.18. The number of amides is 2. The van der Waals surface area contributed by atoms with Crippen molar-refractivity contribution in [2.75, 3.05) is 38.1 Å². The summed E-state index contributed by atoms with van der Waals surface area (Å²) in [6, 6.07) is 9.95. The van der Waals surface area contributed by atoms with Gasteiger partial charge in [0.1, 0.15) is 6.54 Å². The van der Waals surface area contributed by atoms with E-state index in [4.69, 9.17) is 25.8 Å². The zero-order chi connectivity index (χ0) is 20.0. The Bertz CT molecular complexity index is 816. The predicted octanol–water partition coefficient (Wildman–Crippen LogP) is 3.36. The molecule has 27 heavy (non-hydrogen) atoms. The van der Waals surface area contributed by atoms with Gasteiger partial charge in [0.15, 0.2) is 11.5 Å². The lowest BCUT2D eigenvalue weighted by atomic mass is 10.2. The van der Waals surface area contributed by atoms with E-state index in [2.05, 4.69) is 5.32 Å². The van der Waals surface area contributed by atoms with Gasteiger partial charge in [-0.2, -0.15) is 0 Å². The van der Waals surface area contributed by atoms with Gasteiger partial charge in [0.25, 0.3) is 0 Å². The molecule has 0 aromatic heterocycles. The zero-order valence-electron chi connectivity index (χ0n) is 15.5. The van der Waals surface area contributed by atoms with Crippen molar-refractivity contribution >= 4 is 34.8 Å². The molecule has 2 rings (SSSR count). The molecule has 2 amide bonds. The molecule has 0 bridgehead atoms. The maximum Gasteiger partial charge on any atom is 0.244 e. The molecule has 0 aliphatic rings. The van der Waals surface area contributed by atoms with Crippen LogP contribution in [0.5, 0.6) is 17.2 Å². The van der Waals surface area contributed by atoms with Gasteiger partial charge in [0.05, 0.1) is 21.3 Å². The Kier molecular flexibility index (Phi) is 6.90. The van der Waals surface area contributed by atoms with E-state index in [1.54, 1.807) is 36.4 Å². The molecule has 0 aliphatic heterocycles. The summed E-state index contributed by atoms with van der Waals surface area (Å²) in [7, 11) is 4.47. The highest BCUT2D eigenvalue weighted by Crippen LogP contribution is 2.39. The first-order valence-electron chi connectivity index (χ1n) is 8.03. The van der Waals surface area contributed by atoms with Gasteiger partial charge in [0.2, 0.25) is 17.6 Å². The van der Waals surface area contributed by atoms with Crippen LogP contribution in [0.3, 0.4) is 0 Å². The van der Waals surface area contributed by atoms with E-state index in [0.717, 1.165) is 0 Å². The number of nitrogens with zero attached hydrogens (tertiary/aromatic N) is 1. The average Bonchev–Trinajstić information content (AvgIpc) is 2.64. The SMILES string of the molecule is COc1cc(NC(=O)CN(C(C)=O)c2cccc(Cl)c2)cc(OC)c1OC. The number of halogens is 1. The number of benzene rings is 2. The quantitative estimate of drug-likeness (QED) is 0.781. The van der Waals surface area contributed by atoms with Crippen LogP contribution in [-0.2, 0) is 9.59 Å². The van der Waals surface area contributed by atoms with Gasteiger partial charge >= 0.3 is 0 Å². The van der Waals surface area contributed by atoms with Crippen LogP contribution in [-0.4, -0.2) is 39.7 Å². The van der Waals surface area contributed by atoms with Crippen LogP contribution in [0.25, 0.3) is 0 Å². The highest BCUT2D eigenvalue weighted by atomic mass is 35.5. The third kappa shape index (κ3) is 5.04. The Hall–Kier alpha value is -2.93. The molecular formula is C19H21ClN2O5.